The highest BCUT2D eigenvalue weighted by atomic mass is 16.2. The number of amides is 2. The first kappa shape index (κ1) is 22.3. The van der Waals surface area contributed by atoms with Gasteiger partial charge in [0.05, 0.1) is 23.0 Å². The molecular formula is C28H25N5O2. The Balaban J connectivity index is 1.41. The van der Waals surface area contributed by atoms with E-state index >= 15 is 0 Å². The summed E-state index contributed by atoms with van der Waals surface area (Å²) in [6, 6.07) is 26.0. The van der Waals surface area contributed by atoms with Crippen LogP contribution in [0.25, 0.3) is 11.4 Å². The fraction of sp³-hybridized carbons (Fsp3) is 0.143. The van der Waals surface area contributed by atoms with Crippen molar-refractivity contribution in [2.45, 2.75) is 18.9 Å². The van der Waals surface area contributed by atoms with Gasteiger partial charge in [-0.05, 0) is 55.3 Å². The highest BCUT2D eigenvalue weighted by molar-refractivity contribution is 6.00. The number of rotatable bonds is 6. The lowest BCUT2D eigenvalue weighted by molar-refractivity contribution is 0.0733. The molecular weight excluding hydrogens is 438 g/mol. The third kappa shape index (κ3) is 4.75. The zero-order chi connectivity index (χ0) is 24.2. The Bertz CT molecular complexity index is 1360. The molecule has 1 aliphatic rings. The van der Waals surface area contributed by atoms with Gasteiger partial charge < -0.3 is 16.0 Å². The van der Waals surface area contributed by atoms with Crippen LogP contribution in [-0.4, -0.2) is 33.2 Å². The predicted molar refractivity (Wildman–Crippen MR) is 135 cm³/mol. The van der Waals surface area contributed by atoms with Crippen LogP contribution in [0.3, 0.4) is 0 Å². The predicted octanol–water partition coefficient (Wildman–Crippen LogP) is 4.96. The third-order valence-corrected chi connectivity index (χ3v) is 6.17. The zero-order valence-electron chi connectivity index (χ0n) is 19.1. The van der Waals surface area contributed by atoms with E-state index in [2.05, 4.69) is 10.3 Å². The number of likely N-dealkylation sites (tertiary alicyclic amines) is 1. The third-order valence-electron chi connectivity index (χ3n) is 6.17. The first-order chi connectivity index (χ1) is 17.1. The monoisotopic (exact) mass is 463 g/mol. The summed E-state index contributed by atoms with van der Waals surface area (Å²) in [5.74, 6) is 0.0369. The number of carbonyl (C=O) groups is 2. The maximum absolute atomic E-state index is 13.7. The van der Waals surface area contributed by atoms with E-state index in [4.69, 9.17) is 10.7 Å². The maximum atomic E-state index is 13.7. The number of nitrogens with zero attached hydrogens (tertiary/aromatic N) is 3. The number of nitrogens with one attached hydrogen (secondary N) is 1. The Morgan fingerprint density at radius 2 is 1.66 bits per heavy atom. The van der Waals surface area contributed by atoms with Crippen LogP contribution in [0.1, 0.15) is 45.3 Å². The lowest BCUT2D eigenvalue weighted by Gasteiger charge is -2.25. The van der Waals surface area contributed by atoms with Gasteiger partial charge in [0, 0.05) is 29.6 Å². The van der Waals surface area contributed by atoms with E-state index in [1.165, 1.54) is 0 Å². The summed E-state index contributed by atoms with van der Waals surface area (Å²) in [4.78, 5) is 36.1. The second-order valence-electron chi connectivity index (χ2n) is 8.44. The quantitative estimate of drug-likeness (QED) is 0.421. The van der Waals surface area contributed by atoms with Crippen LogP contribution < -0.4 is 11.1 Å². The molecule has 7 heteroatoms. The van der Waals surface area contributed by atoms with Crippen LogP contribution in [0.4, 0.5) is 11.4 Å². The summed E-state index contributed by atoms with van der Waals surface area (Å²) in [6.07, 6.45) is 3.44. The normalized spacial score (nSPS) is 15.1. The van der Waals surface area contributed by atoms with Crippen LogP contribution in [0.15, 0.2) is 91.1 Å². The smallest absolute Gasteiger partial charge is 0.256 e. The number of hydrogen-bond acceptors (Lipinski definition) is 5. The average Bonchev–Trinajstić information content (AvgIpc) is 3.40. The number of benzene rings is 3. The Morgan fingerprint density at radius 1 is 0.914 bits per heavy atom. The maximum Gasteiger partial charge on any atom is 0.256 e. The number of para-hydroxylation sites is 2. The molecule has 2 amide bonds. The summed E-state index contributed by atoms with van der Waals surface area (Å²) >= 11 is 0. The molecule has 1 saturated heterocycles. The molecule has 3 N–H and O–H groups in total. The molecule has 0 saturated carbocycles. The van der Waals surface area contributed by atoms with Gasteiger partial charge in [-0.3, -0.25) is 9.59 Å². The van der Waals surface area contributed by atoms with E-state index in [9.17, 15) is 9.59 Å². The largest absolute Gasteiger partial charge is 0.366 e. The van der Waals surface area contributed by atoms with Crippen molar-refractivity contribution in [3.8, 4) is 11.4 Å². The van der Waals surface area contributed by atoms with Crippen molar-refractivity contribution >= 4 is 23.2 Å². The standard InChI is InChI=1S/C28H25N5O2/c29-26(34)19-12-14-20(15-13-19)27-30-17-16-24(32-27)25-11-6-18-33(25)28(35)22-9-4-5-10-23(22)31-21-7-2-1-3-8-21/h1-5,7-10,12-17,25,31H,6,11,18H2,(H2,29,34)/t25-/m1/s1. The van der Waals surface area contributed by atoms with Crippen molar-refractivity contribution in [2.75, 3.05) is 11.9 Å². The van der Waals surface area contributed by atoms with Crippen LogP contribution in [-0.2, 0) is 0 Å². The van der Waals surface area contributed by atoms with Gasteiger partial charge in [-0.15, -0.1) is 0 Å². The van der Waals surface area contributed by atoms with Crippen molar-refractivity contribution in [3.63, 3.8) is 0 Å². The minimum Gasteiger partial charge on any atom is -0.366 e. The Kier molecular flexibility index (Phi) is 6.22. The molecule has 1 aliphatic heterocycles. The van der Waals surface area contributed by atoms with Crippen molar-refractivity contribution in [3.05, 3.63) is 108 Å². The molecule has 1 fully saturated rings. The molecule has 4 aromatic rings. The second-order valence-corrected chi connectivity index (χ2v) is 8.44. The van der Waals surface area contributed by atoms with Crippen molar-refractivity contribution in [1.29, 1.82) is 0 Å². The number of aromatic nitrogens is 2. The van der Waals surface area contributed by atoms with Crippen LogP contribution in [0.2, 0.25) is 0 Å². The van der Waals surface area contributed by atoms with E-state index in [1.54, 1.807) is 30.5 Å². The summed E-state index contributed by atoms with van der Waals surface area (Å²) in [5, 5.41) is 3.37. The molecule has 0 unspecified atom stereocenters. The molecule has 35 heavy (non-hydrogen) atoms. The minimum absolute atomic E-state index is 0.0301. The van der Waals surface area contributed by atoms with Gasteiger partial charge in [0.2, 0.25) is 5.91 Å². The zero-order valence-corrected chi connectivity index (χ0v) is 19.1. The Morgan fingerprint density at radius 3 is 2.43 bits per heavy atom. The molecule has 7 nitrogen and oxygen atoms in total. The van der Waals surface area contributed by atoms with E-state index in [1.807, 2.05) is 65.6 Å². The topological polar surface area (TPSA) is 101 Å². The molecule has 174 valence electrons. The van der Waals surface area contributed by atoms with Gasteiger partial charge in [-0.25, -0.2) is 9.97 Å². The molecule has 3 aromatic carbocycles. The van der Waals surface area contributed by atoms with Crippen LogP contribution in [0, 0.1) is 0 Å². The van der Waals surface area contributed by atoms with E-state index in [-0.39, 0.29) is 11.9 Å². The van der Waals surface area contributed by atoms with Gasteiger partial charge in [-0.2, -0.15) is 0 Å². The molecule has 0 spiro atoms. The van der Waals surface area contributed by atoms with Gasteiger partial charge in [0.15, 0.2) is 5.82 Å². The number of primary amides is 1. The number of anilines is 2. The summed E-state index contributed by atoms with van der Waals surface area (Å²) in [7, 11) is 0. The first-order valence-corrected chi connectivity index (χ1v) is 11.6. The van der Waals surface area contributed by atoms with Gasteiger partial charge >= 0.3 is 0 Å². The van der Waals surface area contributed by atoms with Gasteiger partial charge in [0.25, 0.3) is 5.91 Å². The van der Waals surface area contributed by atoms with Gasteiger partial charge in [-0.1, -0.05) is 42.5 Å². The van der Waals surface area contributed by atoms with Crippen LogP contribution in [0.5, 0.6) is 0 Å². The SMILES string of the molecule is NC(=O)c1ccc(-c2nccc([C@H]3CCCN3C(=O)c3ccccc3Nc3ccccc3)n2)cc1. The lowest BCUT2D eigenvalue weighted by Crippen LogP contribution is -2.31. The number of carbonyl (C=O) groups excluding carboxylic acids is 2. The number of nitrogens with two attached hydrogens (primary N) is 1. The first-order valence-electron chi connectivity index (χ1n) is 11.6. The van der Waals surface area contributed by atoms with E-state index in [0.717, 1.165) is 35.5 Å². The van der Waals surface area contributed by atoms with Crippen molar-refractivity contribution < 1.29 is 9.59 Å². The summed E-state index contributed by atoms with van der Waals surface area (Å²) in [6.45, 7) is 0.663. The molecule has 2 heterocycles. The highest BCUT2D eigenvalue weighted by Gasteiger charge is 2.32. The molecule has 0 bridgehead atoms. The van der Waals surface area contributed by atoms with Crippen molar-refractivity contribution in [2.24, 2.45) is 5.73 Å². The average molecular weight is 464 g/mol. The fourth-order valence-electron chi connectivity index (χ4n) is 4.41. The number of hydrogen-bond donors (Lipinski definition) is 2. The van der Waals surface area contributed by atoms with Crippen LogP contribution >= 0.6 is 0 Å². The van der Waals surface area contributed by atoms with Gasteiger partial charge in [0.1, 0.15) is 0 Å². The summed E-state index contributed by atoms with van der Waals surface area (Å²) < 4.78 is 0. The fourth-order valence-corrected chi connectivity index (χ4v) is 4.41. The molecule has 5 rings (SSSR count). The molecule has 0 radical (unpaired) electrons. The summed E-state index contributed by atoms with van der Waals surface area (Å²) in [5.41, 5.74) is 9.67. The van der Waals surface area contributed by atoms with E-state index in [0.29, 0.717) is 23.5 Å². The Hall–Kier alpha value is -4.52. The lowest BCUT2D eigenvalue weighted by atomic mass is 10.1. The van der Waals surface area contributed by atoms with E-state index < -0.39 is 5.91 Å². The highest BCUT2D eigenvalue weighted by Crippen LogP contribution is 2.34. The molecule has 1 aromatic heterocycles. The molecule has 0 aliphatic carbocycles. The van der Waals surface area contributed by atoms with Crippen molar-refractivity contribution in [1.82, 2.24) is 14.9 Å². The minimum atomic E-state index is -0.478. The Labute approximate surface area is 203 Å². The second kappa shape index (κ2) is 9.77. The molecule has 1 atom stereocenters.